The van der Waals surface area contributed by atoms with Gasteiger partial charge in [0.1, 0.15) is 0 Å². The number of fused-ring (bicyclic) bond motifs is 2. The van der Waals surface area contributed by atoms with Crippen molar-refractivity contribution in [3.8, 4) is 11.3 Å². The van der Waals surface area contributed by atoms with E-state index in [4.69, 9.17) is 4.42 Å². The molecule has 2 aromatic rings. The third kappa shape index (κ3) is 3.25. The van der Waals surface area contributed by atoms with E-state index in [-0.39, 0.29) is 23.5 Å². The normalized spacial score (nSPS) is 24.9. The molecule has 2 aliphatic heterocycles. The largest absolute Gasteiger partial charge is 0.432 e. The zero-order chi connectivity index (χ0) is 17.4. The predicted octanol–water partition coefficient (Wildman–Crippen LogP) is 2.07. The first kappa shape index (κ1) is 15.8. The molecule has 0 radical (unpaired) electrons. The monoisotopic (exact) mass is 342 g/mol. The van der Waals surface area contributed by atoms with Gasteiger partial charge in [0.15, 0.2) is 5.76 Å². The molecule has 2 aliphatic rings. The Bertz CT molecular complexity index is 789. The molecular formula is C17H18N4O4. The molecule has 8 heteroatoms. The Kier molecular flexibility index (Phi) is 3.96. The van der Waals surface area contributed by atoms with Crippen LogP contribution in [0, 0.1) is 16.0 Å². The fourth-order valence-electron chi connectivity index (χ4n) is 3.67. The molecule has 8 nitrogen and oxygen atoms in total. The number of non-ortho nitro benzene ring substituents is 1. The molecule has 0 spiro atoms. The summed E-state index contributed by atoms with van der Waals surface area (Å²) in [7, 11) is 0. The SMILES string of the molecule is O=C(NC1CC2CCN(C2)C1)c1ncc(-c2ccc([N+](=O)[O-])cc2)o1. The average Bonchev–Trinajstić information content (AvgIpc) is 3.22. The van der Waals surface area contributed by atoms with Crippen LogP contribution in [0.5, 0.6) is 0 Å². The minimum atomic E-state index is -0.462. The van der Waals surface area contributed by atoms with Crippen LogP contribution in [0.3, 0.4) is 0 Å². The number of hydrogen-bond acceptors (Lipinski definition) is 6. The van der Waals surface area contributed by atoms with Gasteiger partial charge in [-0.05, 0) is 37.4 Å². The highest BCUT2D eigenvalue weighted by atomic mass is 16.6. The van der Waals surface area contributed by atoms with Crippen molar-refractivity contribution in [1.29, 1.82) is 0 Å². The maximum atomic E-state index is 12.4. The molecule has 1 amide bonds. The van der Waals surface area contributed by atoms with Crippen molar-refractivity contribution in [2.45, 2.75) is 18.9 Å². The molecule has 2 bridgehead atoms. The third-order valence-electron chi connectivity index (χ3n) is 4.86. The van der Waals surface area contributed by atoms with Crippen LogP contribution >= 0.6 is 0 Å². The molecule has 3 heterocycles. The number of nitrogens with one attached hydrogen (secondary N) is 1. The second-order valence-corrected chi connectivity index (χ2v) is 6.65. The summed E-state index contributed by atoms with van der Waals surface area (Å²) in [6, 6.07) is 6.07. The third-order valence-corrected chi connectivity index (χ3v) is 4.86. The van der Waals surface area contributed by atoms with Gasteiger partial charge in [-0.1, -0.05) is 0 Å². The number of aromatic nitrogens is 1. The predicted molar refractivity (Wildman–Crippen MR) is 89.0 cm³/mol. The Balaban J connectivity index is 1.43. The average molecular weight is 342 g/mol. The van der Waals surface area contributed by atoms with Gasteiger partial charge < -0.3 is 14.6 Å². The summed E-state index contributed by atoms with van der Waals surface area (Å²) < 4.78 is 5.54. The minimum absolute atomic E-state index is 0.00293. The van der Waals surface area contributed by atoms with Crippen molar-refractivity contribution in [2.24, 2.45) is 5.92 Å². The Labute approximate surface area is 144 Å². The molecule has 3 atom stereocenters. The summed E-state index contributed by atoms with van der Waals surface area (Å²) >= 11 is 0. The van der Waals surface area contributed by atoms with Crippen LogP contribution in [0.4, 0.5) is 5.69 Å². The number of hydrogen-bond donors (Lipinski definition) is 1. The second kappa shape index (κ2) is 6.29. The van der Waals surface area contributed by atoms with E-state index in [1.165, 1.54) is 24.8 Å². The van der Waals surface area contributed by atoms with Crippen LogP contribution in [0.25, 0.3) is 11.3 Å². The van der Waals surface area contributed by atoms with Gasteiger partial charge in [0.25, 0.3) is 11.6 Å². The van der Waals surface area contributed by atoms with E-state index in [1.54, 1.807) is 12.1 Å². The van der Waals surface area contributed by atoms with E-state index in [1.807, 2.05) is 0 Å². The van der Waals surface area contributed by atoms with Crippen molar-refractivity contribution < 1.29 is 14.1 Å². The number of benzene rings is 1. The second-order valence-electron chi connectivity index (χ2n) is 6.65. The summed E-state index contributed by atoms with van der Waals surface area (Å²) in [6.45, 7) is 3.12. The van der Waals surface area contributed by atoms with Crippen molar-refractivity contribution in [2.75, 3.05) is 19.6 Å². The number of piperidine rings is 1. The zero-order valence-corrected chi connectivity index (χ0v) is 13.6. The molecular weight excluding hydrogens is 324 g/mol. The van der Waals surface area contributed by atoms with Gasteiger partial charge in [-0.2, -0.15) is 0 Å². The molecule has 0 saturated carbocycles. The van der Waals surface area contributed by atoms with Crippen molar-refractivity contribution in [3.05, 3.63) is 46.5 Å². The van der Waals surface area contributed by atoms with Crippen LogP contribution in [-0.2, 0) is 0 Å². The van der Waals surface area contributed by atoms with Crippen LogP contribution in [0.2, 0.25) is 0 Å². The maximum Gasteiger partial charge on any atom is 0.307 e. The lowest BCUT2D eigenvalue weighted by molar-refractivity contribution is -0.384. The van der Waals surface area contributed by atoms with Gasteiger partial charge in [-0.15, -0.1) is 0 Å². The van der Waals surface area contributed by atoms with E-state index in [0.29, 0.717) is 17.2 Å². The Morgan fingerprint density at radius 3 is 2.84 bits per heavy atom. The molecule has 2 saturated heterocycles. The first-order valence-electron chi connectivity index (χ1n) is 8.32. The number of carbonyl (C=O) groups excluding carboxylic acids is 1. The number of carbonyl (C=O) groups is 1. The van der Waals surface area contributed by atoms with Crippen LogP contribution in [-0.4, -0.2) is 46.4 Å². The molecule has 1 N–H and O–H groups in total. The first-order valence-corrected chi connectivity index (χ1v) is 8.32. The van der Waals surface area contributed by atoms with E-state index in [0.717, 1.165) is 26.1 Å². The first-order chi connectivity index (χ1) is 12.1. The number of nitro benzene ring substituents is 1. The van der Waals surface area contributed by atoms with Gasteiger partial charge in [-0.3, -0.25) is 14.9 Å². The highest BCUT2D eigenvalue weighted by molar-refractivity contribution is 5.90. The highest BCUT2D eigenvalue weighted by Crippen LogP contribution is 2.27. The number of rotatable bonds is 4. The van der Waals surface area contributed by atoms with Gasteiger partial charge in [0, 0.05) is 36.8 Å². The van der Waals surface area contributed by atoms with E-state index in [9.17, 15) is 14.9 Å². The van der Waals surface area contributed by atoms with Crippen molar-refractivity contribution >= 4 is 11.6 Å². The Morgan fingerprint density at radius 2 is 2.12 bits per heavy atom. The quantitative estimate of drug-likeness (QED) is 0.674. The number of amides is 1. The smallest absolute Gasteiger partial charge is 0.307 e. The molecule has 1 aromatic carbocycles. The van der Waals surface area contributed by atoms with Crippen LogP contribution in [0.1, 0.15) is 23.5 Å². The molecule has 1 aromatic heterocycles. The van der Waals surface area contributed by atoms with Crippen molar-refractivity contribution in [3.63, 3.8) is 0 Å². The molecule has 4 rings (SSSR count). The van der Waals surface area contributed by atoms with E-state index >= 15 is 0 Å². The number of nitrogens with zero attached hydrogens (tertiary/aromatic N) is 3. The van der Waals surface area contributed by atoms with Crippen molar-refractivity contribution in [1.82, 2.24) is 15.2 Å². The molecule has 130 valence electrons. The molecule has 25 heavy (non-hydrogen) atoms. The molecule has 3 unspecified atom stereocenters. The van der Waals surface area contributed by atoms with E-state index in [2.05, 4.69) is 15.2 Å². The minimum Gasteiger partial charge on any atom is -0.432 e. The fraction of sp³-hybridized carbons (Fsp3) is 0.412. The standard InChI is InChI=1S/C17H18N4O4/c22-16(19-13-7-11-5-6-20(9-11)10-13)17-18-8-15(25-17)12-1-3-14(4-2-12)21(23)24/h1-4,8,11,13H,5-7,9-10H2,(H,19,22). The van der Waals surface area contributed by atoms with Crippen LogP contribution in [0.15, 0.2) is 34.9 Å². The summed E-state index contributed by atoms with van der Waals surface area (Å²) in [5.41, 5.74) is 0.641. The number of nitro groups is 1. The van der Waals surface area contributed by atoms with Gasteiger partial charge in [0.2, 0.25) is 0 Å². The van der Waals surface area contributed by atoms with Gasteiger partial charge >= 0.3 is 5.91 Å². The topological polar surface area (TPSA) is 102 Å². The fourth-order valence-corrected chi connectivity index (χ4v) is 3.67. The highest BCUT2D eigenvalue weighted by Gasteiger charge is 2.33. The molecule has 2 fully saturated rings. The lowest BCUT2D eigenvalue weighted by Crippen LogP contribution is -2.47. The molecule has 0 aliphatic carbocycles. The maximum absolute atomic E-state index is 12.4. The van der Waals surface area contributed by atoms with Gasteiger partial charge in [0.05, 0.1) is 11.1 Å². The summed E-state index contributed by atoms with van der Waals surface area (Å²) in [6.07, 6.45) is 3.66. The number of oxazole rings is 1. The lowest BCUT2D eigenvalue weighted by Gasteiger charge is -2.30. The Hall–Kier alpha value is -2.74. The van der Waals surface area contributed by atoms with E-state index < -0.39 is 4.92 Å². The lowest BCUT2D eigenvalue weighted by atomic mass is 9.97. The Morgan fingerprint density at radius 1 is 1.32 bits per heavy atom. The van der Waals surface area contributed by atoms with Gasteiger partial charge in [-0.25, -0.2) is 4.98 Å². The summed E-state index contributed by atoms with van der Waals surface area (Å²) in [5.74, 6) is 0.772. The summed E-state index contributed by atoms with van der Waals surface area (Å²) in [5, 5.41) is 13.7. The summed E-state index contributed by atoms with van der Waals surface area (Å²) in [4.78, 5) is 29.0. The zero-order valence-electron chi connectivity index (χ0n) is 13.6. The van der Waals surface area contributed by atoms with Crippen LogP contribution < -0.4 is 5.32 Å².